The van der Waals surface area contributed by atoms with Crippen molar-refractivity contribution in [3.63, 3.8) is 0 Å². The second-order valence-corrected chi connectivity index (χ2v) is 6.18. The Bertz CT molecular complexity index is 419. The largest absolute Gasteiger partial charge is 0.480 e. The van der Waals surface area contributed by atoms with Gasteiger partial charge in [0.25, 0.3) is 0 Å². The number of nitrogens with zero attached hydrogens (tertiary/aromatic N) is 2. The van der Waals surface area contributed by atoms with E-state index in [0.717, 1.165) is 11.8 Å². The zero-order valence-electron chi connectivity index (χ0n) is 9.63. The van der Waals surface area contributed by atoms with Gasteiger partial charge in [-0.3, -0.25) is 9.59 Å². The van der Waals surface area contributed by atoms with Gasteiger partial charge in [-0.05, 0) is 6.92 Å². The Morgan fingerprint density at radius 1 is 1.35 bits per heavy atom. The van der Waals surface area contributed by atoms with E-state index in [-0.39, 0.29) is 11.8 Å². The van der Waals surface area contributed by atoms with Gasteiger partial charge in [0.1, 0.15) is 5.25 Å². The van der Waals surface area contributed by atoms with E-state index in [0.29, 0.717) is 9.47 Å². The molecule has 8 heteroatoms. The molecule has 17 heavy (non-hydrogen) atoms. The second kappa shape index (κ2) is 5.97. The quantitative estimate of drug-likeness (QED) is 0.627. The van der Waals surface area contributed by atoms with Gasteiger partial charge in [0, 0.05) is 5.92 Å². The van der Waals surface area contributed by atoms with Gasteiger partial charge in [-0.15, -0.1) is 10.2 Å². The molecular formula is C9H13N3O3S2. The first-order chi connectivity index (χ1) is 7.90. The van der Waals surface area contributed by atoms with Gasteiger partial charge in [-0.25, -0.2) is 0 Å². The number of amides is 1. The van der Waals surface area contributed by atoms with E-state index in [1.165, 1.54) is 11.3 Å². The fraction of sp³-hybridized carbons (Fsp3) is 0.556. The van der Waals surface area contributed by atoms with Crippen molar-refractivity contribution in [3.8, 4) is 0 Å². The molecule has 2 N–H and O–H groups in total. The molecule has 1 rings (SSSR count). The summed E-state index contributed by atoms with van der Waals surface area (Å²) in [5.41, 5.74) is 0. The molecular weight excluding hydrogens is 262 g/mol. The molecule has 1 unspecified atom stereocenters. The summed E-state index contributed by atoms with van der Waals surface area (Å²) in [6, 6.07) is 0. The SMILES string of the molecule is CC(C)C(=O)Nc1nnc(SC(C)C(=O)O)s1. The van der Waals surface area contributed by atoms with E-state index in [1.54, 1.807) is 20.8 Å². The molecule has 0 fully saturated rings. The first-order valence-electron chi connectivity index (χ1n) is 4.94. The molecule has 0 bridgehead atoms. The Kier molecular flexibility index (Phi) is 4.88. The van der Waals surface area contributed by atoms with E-state index < -0.39 is 11.2 Å². The average molecular weight is 275 g/mol. The van der Waals surface area contributed by atoms with E-state index in [1.807, 2.05) is 0 Å². The van der Waals surface area contributed by atoms with Crippen LogP contribution < -0.4 is 5.32 Å². The van der Waals surface area contributed by atoms with Crippen molar-refractivity contribution in [3.05, 3.63) is 0 Å². The fourth-order valence-electron chi connectivity index (χ4n) is 0.759. The number of aliphatic carboxylic acids is 1. The first kappa shape index (κ1) is 13.9. The summed E-state index contributed by atoms with van der Waals surface area (Å²) in [6.07, 6.45) is 0. The van der Waals surface area contributed by atoms with Crippen molar-refractivity contribution in [1.82, 2.24) is 10.2 Å². The smallest absolute Gasteiger partial charge is 0.316 e. The second-order valence-electron chi connectivity index (χ2n) is 3.62. The maximum Gasteiger partial charge on any atom is 0.316 e. The van der Waals surface area contributed by atoms with Crippen molar-refractivity contribution in [2.45, 2.75) is 30.4 Å². The number of carboxylic acids is 1. The lowest BCUT2D eigenvalue weighted by Gasteiger charge is -2.02. The highest BCUT2D eigenvalue weighted by Gasteiger charge is 2.16. The highest BCUT2D eigenvalue weighted by Crippen LogP contribution is 2.28. The van der Waals surface area contributed by atoms with Crippen LogP contribution in [0.15, 0.2) is 4.34 Å². The number of carbonyl (C=O) groups is 2. The summed E-state index contributed by atoms with van der Waals surface area (Å²) in [5, 5.41) is 18.7. The highest BCUT2D eigenvalue weighted by atomic mass is 32.2. The Labute approximate surface area is 107 Å². The molecule has 0 saturated heterocycles. The van der Waals surface area contributed by atoms with Gasteiger partial charge in [0.05, 0.1) is 0 Å². The van der Waals surface area contributed by atoms with Crippen LogP contribution in [-0.2, 0) is 9.59 Å². The van der Waals surface area contributed by atoms with Crippen LogP contribution in [-0.4, -0.2) is 32.4 Å². The molecule has 1 heterocycles. The van der Waals surface area contributed by atoms with Crippen molar-refractivity contribution in [2.75, 3.05) is 5.32 Å². The van der Waals surface area contributed by atoms with Gasteiger partial charge in [0.2, 0.25) is 11.0 Å². The number of hydrogen-bond acceptors (Lipinski definition) is 6. The molecule has 0 aliphatic rings. The molecule has 0 aliphatic carbocycles. The summed E-state index contributed by atoms with van der Waals surface area (Å²) in [7, 11) is 0. The zero-order chi connectivity index (χ0) is 13.0. The molecule has 1 atom stereocenters. The van der Waals surface area contributed by atoms with Crippen molar-refractivity contribution in [1.29, 1.82) is 0 Å². The lowest BCUT2D eigenvalue weighted by atomic mass is 10.2. The number of carboxylic acid groups (broad SMARTS) is 1. The number of carbonyl (C=O) groups excluding carboxylic acids is 1. The minimum atomic E-state index is -0.905. The summed E-state index contributed by atoms with van der Waals surface area (Å²) < 4.78 is 0.527. The number of aromatic nitrogens is 2. The predicted molar refractivity (Wildman–Crippen MR) is 66.3 cm³/mol. The van der Waals surface area contributed by atoms with Crippen LogP contribution in [0.25, 0.3) is 0 Å². The third-order valence-corrected chi connectivity index (χ3v) is 3.80. The summed E-state index contributed by atoms with van der Waals surface area (Å²) in [4.78, 5) is 22.0. The van der Waals surface area contributed by atoms with Crippen LogP contribution in [0, 0.1) is 5.92 Å². The van der Waals surface area contributed by atoms with E-state index in [9.17, 15) is 9.59 Å². The minimum absolute atomic E-state index is 0.132. The number of nitrogens with one attached hydrogen (secondary N) is 1. The van der Waals surface area contributed by atoms with Crippen LogP contribution in [0.3, 0.4) is 0 Å². The van der Waals surface area contributed by atoms with Crippen LogP contribution in [0.4, 0.5) is 5.13 Å². The maximum absolute atomic E-state index is 11.4. The normalized spacial score (nSPS) is 12.5. The van der Waals surface area contributed by atoms with Crippen molar-refractivity contribution in [2.24, 2.45) is 5.92 Å². The Morgan fingerprint density at radius 3 is 2.53 bits per heavy atom. The molecule has 94 valence electrons. The molecule has 6 nitrogen and oxygen atoms in total. The van der Waals surface area contributed by atoms with Gasteiger partial charge in [-0.2, -0.15) is 0 Å². The van der Waals surface area contributed by atoms with Gasteiger partial charge in [-0.1, -0.05) is 36.9 Å². The Morgan fingerprint density at radius 2 is 2.00 bits per heavy atom. The molecule has 1 amide bonds. The van der Waals surface area contributed by atoms with E-state index in [4.69, 9.17) is 5.11 Å². The number of anilines is 1. The summed E-state index contributed by atoms with van der Waals surface area (Å²) in [6.45, 7) is 5.12. The first-order valence-corrected chi connectivity index (χ1v) is 6.63. The van der Waals surface area contributed by atoms with Crippen LogP contribution in [0.1, 0.15) is 20.8 Å². The average Bonchev–Trinajstić information content (AvgIpc) is 2.65. The van der Waals surface area contributed by atoms with Crippen LogP contribution >= 0.6 is 23.1 Å². The molecule has 1 aromatic heterocycles. The molecule has 0 aliphatic heterocycles. The third kappa shape index (κ3) is 4.31. The molecule has 0 aromatic carbocycles. The number of hydrogen-bond donors (Lipinski definition) is 2. The van der Waals surface area contributed by atoms with Crippen molar-refractivity contribution < 1.29 is 14.7 Å². The maximum atomic E-state index is 11.4. The lowest BCUT2D eigenvalue weighted by Crippen LogP contribution is -2.17. The highest BCUT2D eigenvalue weighted by molar-refractivity contribution is 8.02. The molecule has 0 spiro atoms. The molecule has 0 radical (unpaired) electrons. The van der Waals surface area contributed by atoms with Gasteiger partial charge in [0.15, 0.2) is 4.34 Å². The topological polar surface area (TPSA) is 92.2 Å². The summed E-state index contributed by atoms with van der Waals surface area (Å²) in [5.74, 6) is -1.17. The lowest BCUT2D eigenvalue weighted by molar-refractivity contribution is -0.136. The van der Waals surface area contributed by atoms with E-state index in [2.05, 4.69) is 15.5 Å². The predicted octanol–water partition coefficient (Wildman–Crippen LogP) is 1.70. The summed E-state index contributed by atoms with van der Waals surface area (Å²) >= 11 is 2.27. The van der Waals surface area contributed by atoms with Crippen LogP contribution in [0.5, 0.6) is 0 Å². The minimum Gasteiger partial charge on any atom is -0.480 e. The monoisotopic (exact) mass is 275 g/mol. The third-order valence-electron chi connectivity index (χ3n) is 1.79. The zero-order valence-corrected chi connectivity index (χ0v) is 11.3. The molecule has 1 aromatic rings. The Hall–Kier alpha value is -1.15. The van der Waals surface area contributed by atoms with E-state index >= 15 is 0 Å². The Balaban J connectivity index is 2.59. The molecule has 0 saturated carbocycles. The van der Waals surface area contributed by atoms with Gasteiger partial charge < -0.3 is 10.4 Å². The fourth-order valence-corrected chi connectivity index (χ4v) is 2.59. The van der Waals surface area contributed by atoms with Crippen LogP contribution in [0.2, 0.25) is 0 Å². The standard InChI is InChI=1S/C9H13N3O3S2/c1-4(2)6(13)10-8-11-12-9(17-8)16-5(3)7(14)15/h4-5H,1-3H3,(H,14,15)(H,10,11,13). The van der Waals surface area contributed by atoms with Gasteiger partial charge >= 0.3 is 5.97 Å². The number of thioether (sulfide) groups is 1. The number of rotatable bonds is 5. The van der Waals surface area contributed by atoms with Crippen molar-refractivity contribution >= 4 is 40.1 Å².